The van der Waals surface area contributed by atoms with Crippen molar-refractivity contribution in [2.24, 2.45) is 0 Å². The van der Waals surface area contributed by atoms with Gasteiger partial charge in [-0.25, -0.2) is 0 Å². The summed E-state index contributed by atoms with van der Waals surface area (Å²) in [6.45, 7) is 6.00. The first kappa shape index (κ1) is 16.0. The highest BCUT2D eigenvalue weighted by Gasteiger charge is 2.27. The molecule has 1 aliphatic rings. The first-order chi connectivity index (χ1) is 12.2. The van der Waals surface area contributed by atoms with E-state index in [1.165, 1.54) is 5.69 Å². The molecule has 3 aromatic heterocycles. The van der Waals surface area contributed by atoms with E-state index in [9.17, 15) is 0 Å². The monoisotopic (exact) mass is 338 g/mol. The van der Waals surface area contributed by atoms with Gasteiger partial charge in [0.15, 0.2) is 5.82 Å². The van der Waals surface area contributed by atoms with Gasteiger partial charge in [0.25, 0.3) is 0 Å². The van der Waals surface area contributed by atoms with Crippen LogP contribution in [0.1, 0.15) is 49.1 Å². The molecule has 7 nitrogen and oxygen atoms in total. The van der Waals surface area contributed by atoms with Gasteiger partial charge in [-0.05, 0) is 51.1 Å². The second-order valence-electron chi connectivity index (χ2n) is 6.60. The summed E-state index contributed by atoms with van der Waals surface area (Å²) in [5, 5.41) is 11.7. The van der Waals surface area contributed by atoms with Gasteiger partial charge in [-0.3, -0.25) is 15.0 Å². The lowest BCUT2D eigenvalue weighted by Crippen LogP contribution is -2.35. The van der Waals surface area contributed by atoms with Gasteiger partial charge >= 0.3 is 0 Å². The van der Waals surface area contributed by atoms with Crippen molar-refractivity contribution in [1.82, 2.24) is 30.2 Å². The predicted molar refractivity (Wildman–Crippen MR) is 92.8 cm³/mol. The Morgan fingerprint density at radius 2 is 2.00 bits per heavy atom. The van der Waals surface area contributed by atoms with Gasteiger partial charge in [-0.2, -0.15) is 10.1 Å². The maximum Gasteiger partial charge on any atom is 0.223 e. The molecular formula is C18H22N6O. The van der Waals surface area contributed by atoms with E-state index in [1.807, 2.05) is 19.1 Å². The summed E-state index contributed by atoms with van der Waals surface area (Å²) in [5.41, 5.74) is 3.29. The van der Waals surface area contributed by atoms with E-state index in [4.69, 9.17) is 4.52 Å². The molecule has 4 rings (SSSR count). The lowest BCUT2D eigenvalue weighted by molar-refractivity contribution is 0.153. The Morgan fingerprint density at radius 1 is 1.24 bits per heavy atom. The van der Waals surface area contributed by atoms with Crippen LogP contribution in [0.25, 0.3) is 11.3 Å². The molecule has 0 saturated carbocycles. The first-order valence-electron chi connectivity index (χ1n) is 8.70. The van der Waals surface area contributed by atoms with Crippen LogP contribution in [0.4, 0.5) is 0 Å². The maximum atomic E-state index is 5.11. The molecule has 1 atom stereocenters. The van der Waals surface area contributed by atoms with Crippen LogP contribution >= 0.6 is 0 Å². The second-order valence-corrected chi connectivity index (χ2v) is 6.60. The van der Waals surface area contributed by atoms with Crippen molar-refractivity contribution < 1.29 is 4.52 Å². The van der Waals surface area contributed by atoms with E-state index in [1.54, 1.807) is 12.4 Å². The topological polar surface area (TPSA) is 83.7 Å². The average Bonchev–Trinajstić information content (AvgIpc) is 3.31. The van der Waals surface area contributed by atoms with Gasteiger partial charge in [-0.15, -0.1) is 0 Å². The number of H-pyrrole nitrogens is 1. The maximum absolute atomic E-state index is 5.11. The molecule has 130 valence electrons. The molecule has 0 aromatic carbocycles. The third kappa shape index (κ3) is 3.32. The van der Waals surface area contributed by atoms with Crippen molar-refractivity contribution in [2.45, 2.75) is 38.6 Å². The van der Waals surface area contributed by atoms with Crippen LogP contribution in [0, 0.1) is 6.92 Å². The first-order valence-corrected chi connectivity index (χ1v) is 8.70. The molecule has 0 aliphatic carbocycles. The number of hydrogen-bond acceptors (Lipinski definition) is 6. The van der Waals surface area contributed by atoms with Crippen LogP contribution in [0.5, 0.6) is 0 Å². The number of nitrogens with zero attached hydrogens (tertiary/aromatic N) is 5. The van der Waals surface area contributed by atoms with E-state index in [2.05, 4.69) is 43.2 Å². The van der Waals surface area contributed by atoms with Gasteiger partial charge in [-0.1, -0.05) is 5.16 Å². The normalized spacial score (nSPS) is 17.7. The van der Waals surface area contributed by atoms with Gasteiger partial charge in [0.1, 0.15) is 0 Å². The minimum absolute atomic E-state index is 0.188. The summed E-state index contributed by atoms with van der Waals surface area (Å²) < 4.78 is 5.11. The minimum atomic E-state index is 0.188. The van der Waals surface area contributed by atoms with Gasteiger partial charge in [0.05, 0.1) is 11.7 Å². The number of pyridine rings is 1. The van der Waals surface area contributed by atoms with Crippen LogP contribution in [-0.4, -0.2) is 43.3 Å². The zero-order valence-corrected chi connectivity index (χ0v) is 14.5. The van der Waals surface area contributed by atoms with E-state index in [0.717, 1.165) is 43.0 Å². The molecule has 1 saturated heterocycles. The zero-order chi connectivity index (χ0) is 17.2. The molecule has 0 spiro atoms. The Hall–Kier alpha value is -2.54. The Kier molecular flexibility index (Phi) is 4.31. The number of aromatic amines is 1. The number of rotatable bonds is 4. The molecule has 1 N–H and O–H groups in total. The van der Waals surface area contributed by atoms with Crippen LogP contribution in [-0.2, 0) is 0 Å². The fourth-order valence-corrected chi connectivity index (χ4v) is 3.46. The number of aryl methyl sites for hydroxylation is 1. The van der Waals surface area contributed by atoms with Gasteiger partial charge < -0.3 is 4.52 Å². The molecular weight excluding hydrogens is 316 g/mol. The van der Waals surface area contributed by atoms with Gasteiger partial charge in [0.2, 0.25) is 5.89 Å². The van der Waals surface area contributed by atoms with E-state index in [-0.39, 0.29) is 6.04 Å². The fraction of sp³-hybridized carbons (Fsp3) is 0.444. The Balaban J connectivity index is 1.40. The zero-order valence-electron chi connectivity index (χ0n) is 14.5. The predicted octanol–water partition coefficient (Wildman–Crippen LogP) is 3.10. The molecule has 0 radical (unpaired) electrons. The summed E-state index contributed by atoms with van der Waals surface area (Å²) in [6, 6.07) is 6.32. The van der Waals surface area contributed by atoms with Crippen molar-refractivity contribution in [2.75, 3.05) is 13.1 Å². The molecule has 1 fully saturated rings. The van der Waals surface area contributed by atoms with Crippen molar-refractivity contribution in [3.8, 4) is 11.3 Å². The molecule has 7 heteroatoms. The summed E-state index contributed by atoms with van der Waals surface area (Å²) >= 11 is 0. The highest BCUT2D eigenvalue weighted by molar-refractivity contribution is 5.58. The molecule has 1 aliphatic heterocycles. The second kappa shape index (κ2) is 6.76. The van der Waals surface area contributed by atoms with Gasteiger partial charge in [0, 0.05) is 36.5 Å². The smallest absolute Gasteiger partial charge is 0.223 e. The summed E-state index contributed by atoms with van der Waals surface area (Å²) in [4.78, 5) is 10.8. The molecule has 0 amide bonds. The van der Waals surface area contributed by atoms with E-state index >= 15 is 0 Å². The lowest BCUT2D eigenvalue weighted by atomic mass is 9.92. The summed E-state index contributed by atoms with van der Waals surface area (Å²) in [7, 11) is 0. The summed E-state index contributed by atoms with van der Waals surface area (Å²) in [5.74, 6) is 1.91. The van der Waals surface area contributed by atoms with Crippen LogP contribution in [0.3, 0.4) is 0 Å². The SMILES string of the molecule is Cc1nc(C(C)N2CCC(c3cc(-c4ccncc4)n[nH]3)CC2)no1. The molecule has 1 unspecified atom stereocenters. The fourth-order valence-electron chi connectivity index (χ4n) is 3.46. The Morgan fingerprint density at radius 3 is 2.68 bits per heavy atom. The molecule has 4 heterocycles. The molecule has 0 bridgehead atoms. The molecule has 3 aromatic rings. The standard InChI is InChI=1S/C18H22N6O/c1-12(18-20-13(2)25-23-18)24-9-5-15(6-10-24)17-11-16(21-22-17)14-3-7-19-8-4-14/h3-4,7-8,11-12,15H,5-6,9-10H2,1-2H3,(H,21,22). The van der Waals surface area contributed by atoms with Crippen LogP contribution in [0.15, 0.2) is 35.1 Å². The van der Waals surface area contributed by atoms with E-state index in [0.29, 0.717) is 11.8 Å². The molecule has 25 heavy (non-hydrogen) atoms. The largest absolute Gasteiger partial charge is 0.340 e. The lowest BCUT2D eigenvalue weighted by Gasteiger charge is -2.34. The number of nitrogens with one attached hydrogen (secondary N) is 1. The van der Waals surface area contributed by atoms with Crippen LogP contribution < -0.4 is 0 Å². The van der Waals surface area contributed by atoms with Crippen LogP contribution in [0.2, 0.25) is 0 Å². The summed E-state index contributed by atoms with van der Waals surface area (Å²) in [6.07, 6.45) is 5.78. The number of hydrogen-bond donors (Lipinski definition) is 1. The van der Waals surface area contributed by atoms with Crippen molar-refractivity contribution in [3.63, 3.8) is 0 Å². The van der Waals surface area contributed by atoms with Crippen molar-refractivity contribution in [3.05, 3.63) is 48.0 Å². The Bertz CT molecular complexity index is 819. The number of aromatic nitrogens is 5. The highest BCUT2D eigenvalue weighted by Crippen LogP contribution is 2.32. The number of piperidine rings is 1. The van der Waals surface area contributed by atoms with Crippen molar-refractivity contribution >= 4 is 0 Å². The minimum Gasteiger partial charge on any atom is -0.340 e. The van der Waals surface area contributed by atoms with E-state index < -0.39 is 0 Å². The quantitative estimate of drug-likeness (QED) is 0.787. The van der Waals surface area contributed by atoms with Crippen molar-refractivity contribution in [1.29, 1.82) is 0 Å². The highest BCUT2D eigenvalue weighted by atomic mass is 16.5. The Labute approximate surface area is 146 Å². The third-order valence-electron chi connectivity index (χ3n) is 5.01. The third-order valence-corrected chi connectivity index (χ3v) is 5.01. The average molecular weight is 338 g/mol. The number of likely N-dealkylation sites (tertiary alicyclic amines) is 1.